The molecule has 8 heteroatoms. The molecule has 0 unspecified atom stereocenters. The van der Waals surface area contributed by atoms with E-state index in [0.29, 0.717) is 6.54 Å². The molecule has 8 nitrogen and oxygen atoms in total. The third-order valence-corrected chi connectivity index (χ3v) is 3.42. The molecule has 1 aliphatic rings. The molecule has 19 heavy (non-hydrogen) atoms. The molecule has 1 aliphatic carbocycles. The summed E-state index contributed by atoms with van der Waals surface area (Å²) in [6, 6.07) is 0. The lowest BCUT2D eigenvalue weighted by atomic mass is 9.77. The summed E-state index contributed by atoms with van der Waals surface area (Å²) in [5, 5.41) is 22.5. The number of aromatic nitrogens is 2. The van der Waals surface area contributed by atoms with Crippen LogP contribution >= 0.6 is 0 Å². The second kappa shape index (κ2) is 5.35. The molecule has 104 valence electrons. The first-order valence-corrected chi connectivity index (χ1v) is 6.13. The van der Waals surface area contributed by atoms with Crippen LogP contribution in [0.15, 0.2) is 12.5 Å². The van der Waals surface area contributed by atoms with E-state index < -0.39 is 10.5 Å². The van der Waals surface area contributed by atoms with Crippen LogP contribution in [-0.2, 0) is 11.3 Å². The quantitative estimate of drug-likeness (QED) is 0.566. The number of hydrogen-bond acceptors (Lipinski definition) is 5. The molecule has 0 bridgehead atoms. The van der Waals surface area contributed by atoms with Crippen molar-refractivity contribution in [3.05, 3.63) is 22.6 Å². The number of nitro groups is 1. The van der Waals surface area contributed by atoms with Crippen LogP contribution in [0.5, 0.6) is 0 Å². The molecule has 1 fully saturated rings. The van der Waals surface area contributed by atoms with Crippen molar-refractivity contribution in [1.29, 1.82) is 0 Å². The Hall–Kier alpha value is -1.96. The molecular weight excluding hydrogens is 252 g/mol. The molecular formula is C11H16N4O4. The van der Waals surface area contributed by atoms with E-state index in [9.17, 15) is 20.0 Å². The monoisotopic (exact) mass is 268 g/mol. The Morgan fingerprint density at radius 1 is 1.63 bits per heavy atom. The summed E-state index contributed by atoms with van der Waals surface area (Å²) >= 11 is 0. The molecule has 0 aromatic carbocycles. The fourth-order valence-electron chi connectivity index (χ4n) is 2.08. The van der Waals surface area contributed by atoms with Crippen LogP contribution in [0.4, 0.5) is 5.82 Å². The molecule has 2 rings (SSSR count). The van der Waals surface area contributed by atoms with Crippen molar-refractivity contribution in [3.63, 3.8) is 0 Å². The van der Waals surface area contributed by atoms with Crippen LogP contribution in [0, 0.1) is 10.1 Å². The summed E-state index contributed by atoms with van der Waals surface area (Å²) < 4.78 is 1.50. The predicted molar refractivity (Wildman–Crippen MR) is 65.3 cm³/mol. The van der Waals surface area contributed by atoms with Crippen molar-refractivity contribution >= 4 is 11.7 Å². The average Bonchev–Trinajstić information content (AvgIpc) is 2.80. The summed E-state index contributed by atoms with van der Waals surface area (Å²) in [6.45, 7) is 0.281. The van der Waals surface area contributed by atoms with E-state index >= 15 is 0 Å². The number of carbonyl (C=O) groups excluding carboxylic acids is 1. The first-order chi connectivity index (χ1) is 9.04. The zero-order valence-electron chi connectivity index (χ0n) is 10.4. The number of amides is 1. The lowest BCUT2D eigenvalue weighted by Crippen LogP contribution is -2.56. The molecule has 2 N–H and O–H groups in total. The van der Waals surface area contributed by atoms with Gasteiger partial charge in [0.25, 0.3) is 0 Å². The predicted octanol–water partition coefficient (Wildman–Crippen LogP) is 0.213. The lowest BCUT2D eigenvalue weighted by molar-refractivity contribution is -0.389. The number of aliphatic hydroxyl groups is 1. The number of nitrogens with one attached hydrogen (secondary N) is 1. The van der Waals surface area contributed by atoms with Gasteiger partial charge < -0.3 is 25.1 Å². The smallest absolute Gasteiger partial charge is 0.381 e. The van der Waals surface area contributed by atoms with Crippen LogP contribution in [-0.4, -0.2) is 37.6 Å². The molecule has 0 saturated heterocycles. The summed E-state index contributed by atoms with van der Waals surface area (Å²) in [5.74, 6) is -0.392. The number of imidazole rings is 1. The van der Waals surface area contributed by atoms with Crippen LogP contribution in [0.2, 0.25) is 0 Å². The maximum atomic E-state index is 11.7. The van der Waals surface area contributed by atoms with Gasteiger partial charge in [0.1, 0.15) is 6.20 Å². The summed E-state index contributed by atoms with van der Waals surface area (Å²) in [4.78, 5) is 25.2. The Bertz CT molecular complexity index is 475. The minimum atomic E-state index is -0.578. The van der Waals surface area contributed by atoms with Crippen LogP contribution in [0.3, 0.4) is 0 Å². The van der Waals surface area contributed by atoms with Gasteiger partial charge >= 0.3 is 5.82 Å². The minimum Gasteiger partial charge on any atom is -0.394 e. The molecule has 1 aromatic rings. The summed E-state index contributed by atoms with van der Waals surface area (Å²) in [6.07, 6.45) is 5.43. The third kappa shape index (κ3) is 3.08. The Labute approximate surface area is 109 Å². The zero-order chi connectivity index (χ0) is 13.9. The van der Waals surface area contributed by atoms with E-state index in [0.717, 1.165) is 19.3 Å². The van der Waals surface area contributed by atoms with E-state index in [1.165, 1.54) is 17.1 Å². The molecule has 0 atom stereocenters. The van der Waals surface area contributed by atoms with Crippen LogP contribution < -0.4 is 5.32 Å². The van der Waals surface area contributed by atoms with Gasteiger partial charge in [0, 0.05) is 13.0 Å². The Kier molecular flexibility index (Phi) is 3.79. The van der Waals surface area contributed by atoms with E-state index in [1.54, 1.807) is 0 Å². The molecule has 1 amide bonds. The molecule has 1 heterocycles. The molecule has 0 radical (unpaired) electrons. The summed E-state index contributed by atoms with van der Waals surface area (Å²) in [5.41, 5.74) is -0.446. The minimum absolute atomic E-state index is 0.0463. The second-order valence-electron chi connectivity index (χ2n) is 4.82. The molecule has 0 spiro atoms. The lowest BCUT2D eigenvalue weighted by Gasteiger charge is -2.41. The third-order valence-electron chi connectivity index (χ3n) is 3.42. The van der Waals surface area contributed by atoms with Crippen LogP contribution in [0.1, 0.15) is 25.7 Å². The molecule has 1 saturated carbocycles. The average molecular weight is 268 g/mol. The van der Waals surface area contributed by atoms with Gasteiger partial charge in [0.2, 0.25) is 12.2 Å². The second-order valence-corrected chi connectivity index (χ2v) is 4.82. The van der Waals surface area contributed by atoms with Crippen molar-refractivity contribution < 1.29 is 14.8 Å². The highest BCUT2D eigenvalue weighted by atomic mass is 16.6. The molecule has 0 aliphatic heterocycles. The van der Waals surface area contributed by atoms with Gasteiger partial charge in [0.05, 0.1) is 12.1 Å². The number of aliphatic hydroxyl groups excluding tert-OH is 1. The van der Waals surface area contributed by atoms with E-state index in [2.05, 4.69) is 10.3 Å². The number of nitrogens with zero attached hydrogens (tertiary/aromatic N) is 3. The Balaban J connectivity index is 1.81. The first kappa shape index (κ1) is 13.5. The Morgan fingerprint density at radius 3 is 2.84 bits per heavy atom. The highest BCUT2D eigenvalue weighted by Gasteiger charge is 2.37. The topological polar surface area (TPSA) is 110 Å². The van der Waals surface area contributed by atoms with Gasteiger partial charge in [-0.1, -0.05) is 0 Å². The van der Waals surface area contributed by atoms with Crippen molar-refractivity contribution in [2.24, 2.45) is 0 Å². The maximum Gasteiger partial charge on any atom is 0.381 e. The maximum absolute atomic E-state index is 11.7. The van der Waals surface area contributed by atoms with Crippen molar-refractivity contribution in [2.45, 2.75) is 37.8 Å². The van der Waals surface area contributed by atoms with Crippen LogP contribution in [0.25, 0.3) is 0 Å². The number of rotatable bonds is 6. The van der Waals surface area contributed by atoms with Gasteiger partial charge in [-0.2, -0.15) is 0 Å². The number of carbonyl (C=O) groups is 1. The van der Waals surface area contributed by atoms with E-state index in [1.807, 2.05) is 0 Å². The van der Waals surface area contributed by atoms with Crippen molar-refractivity contribution in [2.75, 3.05) is 6.61 Å². The first-order valence-electron chi connectivity index (χ1n) is 6.13. The fourth-order valence-corrected chi connectivity index (χ4v) is 2.08. The number of aryl methyl sites for hydroxylation is 1. The SMILES string of the molecule is O=C(CCn1cnc([N+](=O)[O-])c1)NC1(CO)CCC1. The highest BCUT2D eigenvalue weighted by Crippen LogP contribution is 2.31. The van der Waals surface area contributed by atoms with Gasteiger partial charge in [-0.25, -0.2) is 0 Å². The van der Waals surface area contributed by atoms with E-state index in [-0.39, 0.29) is 24.8 Å². The van der Waals surface area contributed by atoms with Gasteiger partial charge in [-0.15, -0.1) is 0 Å². The van der Waals surface area contributed by atoms with Crippen molar-refractivity contribution in [3.8, 4) is 0 Å². The van der Waals surface area contributed by atoms with Gasteiger partial charge in [0.15, 0.2) is 0 Å². The van der Waals surface area contributed by atoms with Gasteiger partial charge in [-0.3, -0.25) is 4.79 Å². The van der Waals surface area contributed by atoms with E-state index in [4.69, 9.17) is 0 Å². The summed E-state index contributed by atoms with van der Waals surface area (Å²) in [7, 11) is 0. The largest absolute Gasteiger partial charge is 0.394 e. The number of hydrogen-bond donors (Lipinski definition) is 2. The van der Waals surface area contributed by atoms with Gasteiger partial charge in [-0.05, 0) is 29.2 Å². The normalized spacial score (nSPS) is 16.7. The molecule has 1 aromatic heterocycles. The Morgan fingerprint density at radius 2 is 2.37 bits per heavy atom. The standard InChI is InChI=1S/C11H16N4O4/c16-7-11(3-1-4-11)13-10(17)2-5-14-6-9(12-8-14)15(18)19/h6,8,16H,1-5,7H2,(H,13,17). The van der Waals surface area contributed by atoms with Crippen molar-refractivity contribution in [1.82, 2.24) is 14.9 Å². The zero-order valence-corrected chi connectivity index (χ0v) is 10.4. The highest BCUT2D eigenvalue weighted by molar-refractivity contribution is 5.76. The fraction of sp³-hybridized carbons (Fsp3) is 0.636.